The third-order valence-corrected chi connectivity index (χ3v) is 4.29. The van der Waals surface area contributed by atoms with E-state index in [0.29, 0.717) is 0 Å². The topological polar surface area (TPSA) is 124 Å². The Labute approximate surface area is 215 Å². The van der Waals surface area contributed by atoms with Crippen LogP contribution in [0.15, 0.2) is 36.4 Å². The molecular formula is C18H32Br4N6O. The van der Waals surface area contributed by atoms with E-state index in [2.05, 4.69) is 57.7 Å². The van der Waals surface area contributed by atoms with Crippen molar-refractivity contribution in [3.63, 3.8) is 0 Å². The van der Waals surface area contributed by atoms with Crippen molar-refractivity contribution < 1.29 is 94.7 Å². The van der Waals surface area contributed by atoms with E-state index in [-0.39, 0.29) is 73.4 Å². The Balaban J connectivity index is -0.00000135. The van der Waals surface area contributed by atoms with Gasteiger partial charge in [-0.15, -0.1) is 0 Å². The number of fused-ring (bicyclic) bond motifs is 4. The summed E-state index contributed by atoms with van der Waals surface area (Å²) in [6, 6.07) is 12.8. The Hall–Kier alpha value is 0.0200. The van der Waals surface area contributed by atoms with Gasteiger partial charge in [0.05, 0.1) is 22.8 Å². The quantitative estimate of drug-likeness (QED) is 0.223. The van der Waals surface area contributed by atoms with Crippen LogP contribution in [0, 0.1) is 0 Å². The first-order chi connectivity index (χ1) is 11.9. The zero-order valence-corrected chi connectivity index (χ0v) is 22.7. The van der Waals surface area contributed by atoms with Crippen molar-refractivity contribution in [2.75, 3.05) is 26.2 Å². The van der Waals surface area contributed by atoms with Crippen molar-refractivity contribution in [1.82, 2.24) is 9.97 Å². The number of nitrogens with two attached hydrogens (primary N) is 4. The van der Waals surface area contributed by atoms with Crippen LogP contribution in [-0.2, 0) is 26.2 Å². The molecule has 7 nitrogen and oxygen atoms in total. The zero-order valence-electron chi connectivity index (χ0n) is 16.3. The SMILES string of the molecule is O.[Br-].[Br-].[Br-].[Br-].c1cc2nc(c1)C[NH2+]CC[NH2+]Cc1cccc(n1)C[NH2+]CC[NH2+]C2. The van der Waals surface area contributed by atoms with Crippen LogP contribution in [0.2, 0.25) is 0 Å². The Morgan fingerprint density at radius 1 is 0.483 bits per heavy atom. The zero-order chi connectivity index (χ0) is 16.5. The Morgan fingerprint density at radius 3 is 0.966 bits per heavy atom. The smallest absolute Gasteiger partial charge is 0.126 e. The Morgan fingerprint density at radius 2 is 0.724 bits per heavy atom. The molecule has 0 saturated heterocycles. The van der Waals surface area contributed by atoms with Crippen molar-refractivity contribution in [1.29, 1.82) is 0 Å². The molecule has 0 amide bonds. The first-order valence-corrected chi connectivity index (χ1v) is 9.06. The number of hydrogen-bond acceptors (Lipinski definition) is 2. The lowest BCUT2D eigenvalue weighted by Crippen LogP contribution is -3.00. The number of pyridine rings is 2. The summed E-state index contributed by atoms with van der Waals surface area (Å²) in [5.74, 6) is 0. The standard InChI is InChI=1S/C18H26N6.4BrH.H2O/c1-3-15-11-19-7-9-21-13-17-5-2-6-18(24-17)14-22-10-8-20-12-16(4-1)23-15;;;;;/h1-6,19-22H,7-14H2;4*1H;1H2. The van der Waals surface area contributed by atoms with Gasteiger partial charge in [-0.05, 0) is 24.3 Å². The minimum Gasteiger partial charge on any atom is -1.00 e. The van der Waals surface area contributed by atoms with Crippen LogP contribution in [0.1, 0.15) is 22.8 Å². The second kappa shape index (κ2) is 20.0. The summed E-state index contributed by atoms with van der Waals surface area (Å²) >= 11 is 0. The van der Waals surface area contributed by atoms with Crippen LogP contribution in [-0.4, -0.2) is 41.6 Å². The molecular weight excluding hydrogens is 636 g/mol. The number of nitrogens with zero attached hydrogens (tertiary/aromatic N) is 2. The lowest BCUT2D eigenvalue weighted by molar-refractivity contribution is -0.740. The lowest BCUT2D eigenvalue weighted by Gasteiger charge is -2.07. The number of hydrogen-bond donors (Lipinski definition) is 4. The molecule has 0 aliphatic carbocycles. The third kappa shape index (κ3) is 13.1. The van der Waals surface area contributed by atoms with E-state index in [1.165, 1.54) is 22.8 Å². The third-order valence-electron chi connectivity index (χ3n) is 4.29. The molecule has 2 aromatic rings. The predicted octanol–water partition coefficient (Wildman–Crippen LogP) is -16.4. The number of aromatic nitrogens is 2. The molecule has 1 aliphatic heterocycles. The molecule has 4 bridgehead atoms. The van der Waals surface area contributed by atoms with Gasteiger partial charge in [0.15, 0.2) is 0 Å². The van der Waals surface area contributed by atoms with Gasteiger partial charge in [-0.3, -0.25) is 0 Å². The van der Waals surface area contributed by atoms with Crippen LogP contribution in [0.5, 0.6) is 0 Å². The maximum absolute atomic E-state index is 4.76. The van der Waals surface area contributed by atoms with Gasteiger partial charge in [-0.1, -0.05) is 12.1 Å². The highest BCUT2D eigenvalue weighted by Crippen LogP contribution is 1.97. The van der Waals surface area contributed by atoms with Gasteiger partial charge in [-0.25, -0.2) is 9.97 Å². The normalized spacial score (nSPS) is 14.6. The molecule has 11 heteroatoms. The molecule has 0 saturated carbocycles. The minimum absolute atomic E-state index is 0. The molecule has 10 N–H and O–H groups in total. The predicted molar refractivity (Wildman–Crippen MR) is 94.1 cm³/mol. The number of halogens is 4. The second-order valence-corrected chi connectivity index (χ2v) is 6.37. The summed E-state index contributed by atoms with van der Waals surface area (Å²) in [6.07, 6.45) is 0. The van der Waals surface area contributed by atoms with Gasteiger partial charge in [-0.2, -0.15) is 0 Å². The summed E-state index contributed by atoms with van der Waals surface area (Å²) in [7, 11) is 0. The molecule has 29 heavy (non-hydrogen) atoms. The second-order valence-electron chi connectivity index (χ2n) is 6.37. The van der Waals surface area contributed by atoms with E-state index in [4.69, 9.17) is 9.97 Å². The highest BCUT2D eigenvalue weighted by molar-refractivity contribution is 5.10. The summed E-state index contributed by atoms with van der Waals surface area (Å²) in [5.41, 5.74) is 4.73. The molecule has 0 spiro atoms. The summed E-state index contributed by atoms with van der Waals surface area (Å²) in [5, 5.41) is 9.37. The van der Waals surface area contributed by atoms with Crippen molar-refractivity contribution in [3.8, 4) is 0 Å². The summed E-state index contributed by atoms with van der Waals surface area (Å²) in [4.78, 5) is 9.52. The maximum atomic E-state index is 4.76. The molecule has 0 unspecified atom stereocenters. The van der Waals surface area contributed by atoms with Crippen LogP contribution in [0.25, 0.3) is 0 Å². The highest BCUT2D eigenvalue weighted by Gasteiger charge is 2.05. The average Bonchev–Trinajstić information content (AvgIpc) is 2.61. The van der Waals surface area contributed by atoms with Gasteiger partial charge >= 0.3 is 0 Å². The number of rotatable bonds is 0. The largest absolute Gasteiger partial charge is 1.00 e. The van der Waals surface area contributed by atoms with Gasteiger partial charge < -0.3 is 94.7 Å². The first-order valence-electron chi connectivity index (χ1n) is 9.06. The highest BCUT2D eigenvalue weighted by atomic mass is 79.9. The summed E-state index contributed by atoms with van der Waals surface area (Å²) < 4.78 is 0. The molecule has 3 rings (SSSR count). The Kier molecular flexibility index (Phi) is 23.2. The van der Waals surface area contributed by atoms with Crippen molar-refractivity contribution in [2.24, 2.45) is 0 Å². The lowest BCUT2D eigenvalue weighted by atomic mass is 10.3. The Bertz CT molecular complexity index is 551. The van der Waals surface area contributed by atoms with Gasteiger partial charge in [0.1, 0.15) is 52.4 Å². The van der Waals surface area contributed by atoms with Crippen LogP contribution < -0.4 is 89.2 Å². The molecule has 0 atom stereocenters. The molecule has 0 aromatic carbocycles. The fraction of sp³-hybridized carbons (Fsp3) is 0.444. The van der Waals surface area contributed by atoms with E-state index < -0.39 is 0 Å². The van der Waals surface area contributed by atoms with Crippen molar-refractivity contribution in [2.45, 2.75) is 26.2 Å². The summed E-state index contributed by atoms with van der Waals surface area (Å²) in [6.45, 7) is 8.26. The van der Waals surface area contributed by atoms with Gasteiger partial charge in [0.25, 0.3) is 0 Å². The molecule has 0 radical (unpaired) electrons. The molecule has 2 aromatic heterocycles. The van der Waals surface area contributed by atoms with Crippen LogP contribution in [0.3, 0.4) is 0 Å². The van der Waals surface area contributed by atoms with Gasteiger partial charge in [0, 0.05) is 0 Å². The number of quaternary nitrogens is 4. The minimum atomic E-state index is 0. The molecule has 3 heterocycles. The van der Waals surface area contributed by atoms with E-state index >= 15 is 0 Å². The van der Waals surface area contributed by atoms with Gasteiger partial charge in [0.2, 0.25) is 0 Å². The van der Waals surface area contributed by atoms with E-state index in [1.807, 2.05) is 0 Å². The van der Waals surface area contributed by atoms with Crippen LogP contribution >= 0.6 is 0 Å². The molecule has 1 aliphatic rings. The van der Waals surface area contributed by atoms with E-state index in [1.54, 1.807) is 0 Å². The molecule has 0 fully saturated rings. The fourth-order valence-electron chi connectivity index (χ4n) is 2.98. The van der Waals surface area contributed by atoms with Crippen molar-refractivity contribution >= 4 is 0 Å². The van der Waals surface area contributed by atoms with E-state index in [0.717, 1.165) is 52.4 Å². The fourth-order valence-corrected chi connectivity index (χ4v) is 2.98. The molecule has 168 valence electrons. The van der Waals surface area contributed by atoms with E-state index in [9.17, 15) is 0 Å². The van der Waals surface area contributed by atoms with Crippen molar-refractivity contribution in [3.05, 3.63) is 59.2 Å². The first kappa shape index (κ1) is 33.7. The maximum Gasteiger partial charge on any atom is 0.126 e. The monoisotopic (exact) mass is 664 g/mol. The van der Waals surface area contributed by atoms with Crippen LogP contribution in [0.4, 0.5) is 0 Å². The average molecular weight is 668 g/mol.